The molecule has 1 fully saturated rings. The molecule has 3 heterocycles. The Kier molecular flexibility index (Phi) is 5.48. The molecule has 0 aliphatic carbocycles. The van der Waals surface area contributed by atoms with E-state index in [0.717, 1.165) is 37.8 Å². The maximum absolute atomic E-state index is 4.32. The summed E-state index contributed by atoms with van der Waals surface area (Å²) in [6.45, 7) is 5.40. The first-order chi connectivity index (χ1) is 10.8. The molecule has 0 spiro atoms. The van der Waals surface area contributed by atoms with E-state index in [1.54, 1.807) is 0 Å². The normalized spacial score (nSPS) is 19.6. The van der Waals surface area contributed by atoms with Crippen LogP contribution < -0.4 is 0 Å². The number of pyridine rings is 1. The topological polar surface area (TPSA) is 45.2 Å². The summed E-state index contributed by atoms with van der Waals surface area (Å²) >= 11 is 1.30. The molecule has 1 aliphatic rings. The quantitative estimate of drug-likeness (QED) is 0.818. The van der Waals surface area contributed by atoms with Gasteiger partial charge in [-0.3, -0.25) is 9.88 Å². The number of nitrogens with zero attached hydrogens (tertiary/aromatic N) is 5. The van der Waals surface area contributed by atoms with Crippen molar-refractivity contribution in [2.24, 2.45) is 5.92 Å². The van der Waals surface area contributed by atoms with Crippen LogP contribution in [0.4, 0.5) is 0 Å². The van der Waals surface area contributed by atoms with Gasteiger partial charge in [-0.15, -0.1) is 0 Å². The Bertz CT molecular complexity index is 545. The summed E-state index contributed by atoms with van der Waals surface area (Å²) in [6.07, 6.45) is 8.28. The van der Waals surface area contributed by atoms with Crippen LogP contribution in [0.2, 0.25) is 0 Å². The highest BCUT2D eigenvalue weighted by molar-refractivity contribution is 6.99. The second-order valence-corrected chi connectivity index (χ2v) is 6.76. The zero-order valence-corrected chi connectivity index (χ0v) is 13.9. The van der Waals surface area contributed by atoms with Crippen LogP contribution in [-0.4, -0.2) is 50.2 Å². The lowest BCUT2D eigenvalue weighted by Gasteiger charge is -2.34. The van der Waals surface area contributed by atoms with Crippen molar-refractivity contribution in [3.8, 4) is 0 Å². The lowest BCUT2D eigenvalue weighted by Crippen LogP contribution is -2.39. The maximum atomic E-state index is 4.32. The molecule has 5 nitrogen and oxygen atoms in total. The van der Waals surface area contributed by atoms with E-state index in [2.05, 4.69) is 36.6 Å². The van der Waals surface area contributed by atoms with E-state index in [1.807, 2.05) is 24.7 Å². The van der Waals surface area contributed by atoms with E-state index in [1.165, 1.54) is 36.7 Å². The highest BCUT2D eigenvalue weighted by Crippen LogP contribution is 2.19. The Balaban J connectivity index is 1.47. The minimum Gasteiger partial charge on any atom is -0.302 e. The van der Waals surface area contributed by atoms with Crippen LogP contribution in [0.15, 0.2) is 30.7 Å². The maximum Gasteiger partial charge on any atom is 0.0883 e. The van der Waals surface area contributed by atoms with Gasteiger partial charge >= 0.3 is 0 Å². The van der Waals surface area contributed by atoms with Gasteiger partial charge in [0.1, 0.15) is 0 Å². The van der Waals surface area contributed by atoms with Gasteiger partial charge in [-0.05, 0) is 44.0 Å². The summed E-state index contributed by atoms with van der Waals surface area (Å²) in [5, 5.41) is 0. The molecule has 0 radical (unpaired) electrons. The van der Waals surface area contributed by atoms with E-state index in [-0.39, 0.29) is 0 Å². The lowest BCUT2D eigenvalue weighted by molar-refractivity contribution is 0.135. The van der Waals surface area contributed by atoms with Gasteiger partial charge in [-0.2, -0.15) is 8.75 Å². The molecule has 0 amide bonds. The van der Waals surface area contributed by atoms with Crippen molar-refractivity contribution in [2.75, 3.05) is 26.7 Å². The first-order valence-electron chi connectivity index (χ1n) is 7.86. The van der Waals surface area contributed by atoms with Crippen molar-refractivity contribution in [3.63, 3.8) is 0 Å². The van der Waals surface area contributed by atoms with Crippen molar-refractivity contribution in [1.29, 1.82) is 0 Å². The molecule has 118 valence electrons. The second-order valence-electron chi connectivity index (χ2n) is 6.20. The minimum atomic E-state index is 0.738. The Hall–Kier alpha value is -1.37. The van der Waals surface area contributed by atoms with Gasteiger partial charge in [0, 0.05) is 38.6 Å². The van der Waals surface area contributed by atoms with Gasteiger partial charge < -0.3 is 4.90 Å². The standard InChI is InChI=1S/C16H23N5S/c1-20(10-14-4-2-6-17-8-14)11-15-5-3-7-21(12-15)13-16-9-18-22-19-16/h2,4,6,8-9,15H,3,5,7,10-13H2,1H3. The number of aromatic nitrogens is 3. The van der Waals surface area contributed by atoms with Crippen LogP contribution in [0.25, 0.3) is 0 Å². The largest absolute Gasteiger partial charge is 0.302 e. The summed E-state index contributed by atoms with van der Waals surface area (Å²) < 4.78 is 8.42. The van der Waals surface area contributed by atoms with Crippen LogP contribution >= 0.6 is 11.7 Å². The molecule has 0 aromatic carbocycles. The van der Waals surface area contributed by atoms with Crippen LogP contribution in [0.5, 0.6) is 0 Å². The highest BCUT2D eigenvalue weighted by Gasteiger charge is 2.21. The predicted molar refractivity (Wildman–Crippen MR) is 88.5 cm³/mol. The zero-order chi connectivity index (χ0) is 15.2. The summed E-state index contributed by atoms with van der Waals surface area (Å²) in [6, 6.07) is 4.15. The molecule has 22 heavy (non-hydrogen) atoms. The van der Waals surface area contributed by atoms with Gasteiger partial charge in [0.05, 0.1) is 23.6 Å². The Labute approximate surface area is 136 Å². The summed E-state index contributed by atoms with van der Waals surface area (Å²) in [5.74, 6) is 0.738. The van der Waals surface area contributed by atoms with Crippen LogP contribution in [0.1, 0.15) is 24.1 Å². The molecule has 1 unspecified atom stereocenters. The number of hydrogen-bond donors (Lipinski definition) is 0. The molecule has 1 aliphatic heterocycles. The molecule has 2 aromatic heterocycles. The van der Waals surface area contributed by atoms with Gasteiger partial charge in [0.25, 0.3) is 0 Å². The Morgan fingerprint density at radius 1 is 1.41 bits per heavy atom. The van der Waals surface area contributed by atoms with E-state index < -0.39 is 0 Å². The molecule has 0 saturated carbocycles. The van der Waals surface area contributed by atoms with Crippen molar-refractivity contribution in [2.45, 2.75) is 25.9 Å². The minimum absolute atomic E-state index is 0.738. The number of likely N-dealkylation sites (tertiary alicyclic amines) is 1. The Morgan fingerprint density at radius 2 is 2.36 bits per heavy atom. The van der Waals surface area contributed by atoms with E-state index >= 15 is 0 Å². The smallest absolute Gasteiger partial charge is 0.0883 e. The van der Waals surface area contributed by atoms with Gasteiger partial charge in [-0.1, -0.05) is 6.07 Å². The fourth-order valence-corrected chi connectivity index (χ4v) is 3.66. The van der Waals surface area contributed by atoms with Crippen molar-refractivity contribution < 1.29 is 0 Å². The molecule has 6 heteroatoms. The molecule has 0 N–H and O–H groups in total. The molecule has 3 rings (SSSR count). The molecule has 1 atom stereocenters. The second kappa shape index (κ2) is 7.76. The fourth-order valence-electron chi connectivity index (χ4n) is 3.24. The monoisotopic (exact) mass is 317 g/mol. The lowest BCUT2D eigenvalue weighted by atomic mass is 9.97. The van der Waals surface area contributed by atoms with Crippen LogP contribution in [0.3, 0.4) is 0 Å². The molecular formula is C16H23N5S. The molecule has 2 aromatic rings. The fraction of sp³-hybridized carbons (Fsp3) is 0.562. The zero-order valence-electron chi connectivity index (χ0n) is 13.1. The van der Waals surface area contributed by atoms with Crippen molar-refractivity contribution in [3.05, 3.63) is 42.0 Å². The first-order valence-corrected chi connectivity index (χ1v) is 8.59. The van der Waals surface area contributed by atoms with E-state index in [0.29, 0.717) is 0 Å². The van der Waals surface area contributed by atoms with Crippen LogP contribution in [0, 0.1) is 5.92 Å². The summed E-state index contributed by atoms with van der Waals surface area (Å²) in [7, 11) is 2.20. The van der Waals surface area contributed by atoms with Crippen LogP contribution in [-0.2, 0) is 13.1 Å². The molecule has 1 saturated heterocycles. The third-order valence-corrected chi connectivity index (χ3v) is 4.66. The average molecular weight is 317 g/mol. The van der Waals surface area contributed by atoms with Crippen molar-refractivity contribution >= 4 is 11.7 Å². The van der Waals surface area contributed by atoms with Gasteiger partial charge in [-0.25, -0.2) is 0 Å². The van der Waals surface area contributed by atoms with Crippen molar-refractivity contribution in [1.82, 2.24) is 23.5 Å². The highest BCUT2D eigenvalue weighted by atomic mass is 32.1. The molecular weight excluding hydrogens is 294 g/mol. The first kappa shape index (κ1) is 15.5. The van der Waals surface area contributed by atoms with Gasteiger partial charge in [0.15, 0.2) is 0 Å². The SMILES string of the molecule is CN(Cc1cccnc1)CC1CCCN(Cc2cnsn2)C1. The number of hydrogen-bond acceptors (Lipinski definition) is 6. The Morgan fingerprint density at radius 3 is 3.14 bits per heavy atom. The summed E-state index contributed by atoms with van der Waals surface area (Å²) in [5.41, 5.74) is 2.39. The average Bonchev–Trinajstić information content (AvgIpc) is 3.01. The third kappa shape index (κ3) is 4.56. The van der Waals surface area contributed by atoms with Gasteiger partial charge in [0.2, 0.25) is 0 Å². The van der Waals surface area contributed by atoms with E-state index in [4.69, 9.17) is 0 Å². The number of rotatable bonds is 6. The third-order valence-electron chi connectivity index (χ3n) is 4.14. The summed E-state index contributed by atoms with van der Waals surface area (Å²) in [4.78, 5) is 9.12. The number of piperidine rings is 1. The van der Waals surface area contributed by atoms with E-state index in [9.17, 15) is 0 Å². The molecule has 0 bridgehead atoms. The predicted octanol–water partition coefficient (Wildman–Crippen LogP) is 2.28.